The van der Waals surface area contributed by atoms with Crippen LogP contribution < -0.4 is 5.32 Å². The largest absolute Gasteiger partial charge is 2.00 e. The van der Waals surface area contributed by atoms with Gasteiger partial charge in [0.1, 0.15) is 12.5 Å². The zero-order chi connectivity index (χ0) is 18.2. The van der Waals surface area contributed by atoms with E-state index >= 15 is 0 Å². The van der Waals surface area contributed by atoms with E-state index < -0.39 is 0 Å². The Labute approximate surface area is 177 Å². The Kier molecular flexibility index (Phi) is 12.6. The monoisotopic (exact) mass is 497 g/mol. The number of amides is 1. The van der Waals surface area contributed by atoms with Gasteiger partial charge in [0, 0.05) is 6.92 Å². The minimum atomic E-state index is -0.353. The number of ether oxygens (including phenoxy) is 1. The molecule has 0 bridgehead atoms. The number of carbonyl (C=O) groups excluding carboxylic acids is 2. The van der Waals surface area contributed by atoms with Crippen LogP contribution in [0.3, 0.4) is 0 Å². The molecule has 6 heteroatoms. The van der Waals surface area contributed by atoms with Crippen molar-refractivity contribution < 1.29 is 31.4 Å². The van der Waals surface area contributed by atoms with E-state index in [1.165, 1.54) is 6.92 Å². The summed E-state index contributed by atoms with van der Waals surface area (Å²) < 4.78 is 6.17. The molecule has 2 fully saturated rings. The van der Waals surface area contributed by atoms with E-state index in [0.717, 1.165) is 3.92 Å². The van der Waals surface area contributed by atoms with Crippen molar-refractivity contribution in [2.45, 2.75) is 33.7 Å². The molecule has 2 rings (SSSR count). The van der Waals surface area contributed by atoms with Gasteiger partial charge in [0.25, 0.3) is 0 Å². The summed E-state index contributed by atoms with van der Waals surface area (Å²) in [6.45, 7) is 7.61. The van der Waals surface area contributed by atoms with E-state index in [4.69, 9.17) is 4.74 Å². The van der Waals surface area contributed by atoms with Crippen LogP contribution >= 0.6 is 22.6 Å². The van der Waals surface area contributed by atoms with E-state index in [1.54, 1.807) is 6.42 Å². The summed E-state index contributed by atoms with van der Waals surface area (Å²) in [4.78, 5) is 23.1. The van der Waals surface area contributed by atoms with Crippen LogP contribution in [-0.2, 0) is 31.4 Å². The molecule has 0 aromatic rings. The van der Waals surface area contributed by atoms with Gasteiger partial charge in [0.15, 0.2) is 0 Å². The van der Waals surface area contributed by atoms with Crippen molar-refractivity contribution in [2.24, 2.45) is 5.41 Å². The average molecular weight is 497 g/mol. The number of carbonyl (C=O) groups is 2. The molecular formula is C19H24FeINO3+2. The summed E-state index contributed by atoms with van der Waals surface area (Å²) in [6, 6.07) is -0.207. The van der Waals surface area contributed by atoms with E-state index in [1.807, 2.05) is 65.7 Å². The Hall–Kier alpha value is 0.189. The molecule has 0 unspecified atom stereocenters. The number of nitrogens with one attached hydrogen (secondary N) is 1. The first-order valence-electron chi connectivity index (χ1n) is 7.74. The summed E-state index contributed by atoms with van der Waals surface area (Å²) in [5, 5.41) is 2.82. The van der Waals surface area contributed by atoms with E-state index in [9.17, 15) is 9.59 Å². The van der Waals surface area contributed by atoms with Gasteiger partial charge >= 0.3 is 23.0 Å². The van der Waals surface area contributed by atoms with Gasteiger partial charge in [-0.1, -0.05) is 43.4 Å². The fourth-order valence-electron chi connectivity index (χ4n) is 1.87. The van der Waals surface area contributed by atoms with Gasteiger partial charge in [-0.3, -0.25) is 9.59 Å². The van der Waals surface area contributed by atoms with Crippen molar-refractivity contribution in [1.29, 1.82) is 0 Å². The summed E-state index contributed by atoms with van der Waals surface area (Å²) in [7, 11) is 0. The second kappa shape index (κ2) is 12.6. The van der Waals surface area contributed by atoms with Gasteiger partial charge < -0.3 is 10.1 Å². The molecule has 2 aliphatic carbocycles. The van der Waals surface area contributed by atoms with E-state index in [0.29, 0.717) is 5.92 Å². The van der Waals surface area contributed by atoms with Crippen molar-refractivity contribution in [3.63, 3.8) is 0 Å². The van der Waals surface area contributed by atoms with Crippen LogP contribution in [0.4, 0.5) is 0 Å². The standard InChI is InChI=1S/C14H19INO3.C5H5.Fe/c1-9(17)16-12(14(2,3)4)8-19-13(18)10-6-5-7-11(10)15;1-2-4-5-3-1;/h5-7,12H,8H2,1-4H3,(H,16,17);1-5H;/q;;+2/t12-;;/m1../s1. The van der Waals surface area contributed by atoms with Gasteiger partial charge in [-0.25, -0.2) is 0 Å². The predicted molar refractivity (Wildman–Crippen MR) is 103 cm³/mol. The van der Waals surface area contributed by atoms with Crippen LogP contribution in [0, 0.1) is 66.6 Å². The Balaban J connectivity index is 0.000000820. The molecule has 1 amide bonds. The molecule has 0 heterocycles. The van der Waals surface area contributed by atoms with Crippen LogP contribution in [-0.4, -0.2) is 24.5 Å². The van der Waals surface area contributed by atoms with Crippen molar-refractivity contribution in [3.8, 4) is 0 Å². The van der Waals surface area contributed by atoms with Crippen LogP contribution in [0.1, 0.15) is 27.7 Å². The molecule has 4 nitrogen and oxygen atoms in total. The van der Waals surface area contributed by atoms with Gasteiger partial charge in [-0.05, 0) is 56.8 Å². The molecule has 0 saturated heterocycles. The SMILES string of the molecule is CC(=O)N[C@H](COC(=O)[C]1[CH][CH][CH][C]1I)C(C)(C)C.[CH]1[CH][CH][CH][CH]1.[Fe+2]. The molecule has 10 radical (unpaired) electrons. The maximum absolute atomic E-state index is 11.9. The number of rotatable bonds is 4. The van der Waals surface area contributed by atoms with Gasteiger partial charge in [-0.15, -0.1) is 0 Å². The second-order valence-corrected chi connectivity index (χ2v) is 7.63. The minimum absolute atomic E-state index is 0. The first-order valence-corrected chi connectivity index (χ1v) is 8.82. The first-order chi connectivity index (χ1) is 11.2. The first kappa shape index (κ1) is 25.2. The van der Waals surface area contributed by atoms with Crippen LogP contribution in [0.15, 0.2) is 0 Å². The third kappa shape index (κ3) is 10.2. The van der Waals surface area contributed by atoms with Crippen LogP contribution in [0.25, 0.3) is 0 Å². The number of hydrogen-bond acceptors (Lipinski definition) is 3. The maximum Gasteiger partial charge on any atom is 2.00 e. The Morgan fingerprint density at radius 3 is 1.96 bits per heavy atom. The van der Waals surface area contributed by atoms with Crippen molar-refractivity contribution in [3.05, 3.63) is 61.2 Å². The molecule has 1 N–H and O–H groups in total. The quantitative estimate of drug-likeness (QED) is 0.369. The molecule has 0 spiro atoms. The van der Waals surface area contributed by atoms with E-state index in [-0.39, 0.29) is 47.0 Å². The summed E-state index contributed by atoms with van der Waals surface area (Å²) in [6.07, 6.45) is 15.4. The second-order valence-electron chi connectivity index (χ2n) is 6.47. The van der Waals surface area contributed by atoms with Gasteiger partial charge in [-0.2, -0.15) is 0 Å². The topological polar surface area (TPSA) is 55.4 Å². The molecule has 0 aromatic carbocycles. The molecule has 2 aliphatic rings. The Morgan fingerprint density at radius 2 is 1.60 bits per heavy atom. The zero-order valence-electron chi connectivity index (χ0n) is 14.9. The summed E-state index contributed by atoms with van der Waals surface area (Å²) in [5.41, 5.74) is -0.175. The fourth-order valence-corrected chi connectivity index (χ4v) is 2.48. The number of halogens is 1. The van der Waals surface area contributed by atoms with Crippen LogP contribution in [0.2, 0.25) is 0 Å². The fraction of sp³-hybridized carbons (Fsp3) is 0.368. The number of esters is 1. The van der Waals surface area contributed by atoms with Crippen molar-refractivity contribution in [1.82, 2.24) is 5.32 Å². The zero-order valence-corrected chi connectivity index (χ0v) is 18.1. The Bertz CT molecular complexity index is 400. The third-order valence-corrected chi connectivity index (χ3v) is 4.28. The maximum atomic E-state index is 11.9. The molecule has 25 heavy (non-hydrogen) atoms. The van der Waals surface area contributed by atoms with Gasteiger partial charge in [0.2, 0.25) is 5.91 Å². The summed E-state index contributed by atoms with van der Waals surface area (Å²) >= 11 is 2.09. The molecule has 0 aliphatic heterocycles. The minimum Gasteiger partial charge on any atom is -0.463 e. The van der Waals surface area contributed by atoms with E-state index in [2.05, 4.69) is 27.9 Å². The summed E-state index contributed by atoms with van der Waals surface area (Å²) in [5.74, 6) is 0.0870. The average Bonchev–Trinajstić information content (AvgIpc) is 3.15. The predicted octanol–water partition coefficient (Wildman–Crippen LogP) is 3.27. The van der Waals surface area contributed by atoms with Crippen molar-refractivity contribution >= 4 is 34.5 Å². The smallest absolute Gasteiger partial charge is 0.463 e. The molecule has 136 valence electrons. The normalized spacial score (nSPS) is 19.4. The molecule has 2 saturated carbocycles. The Morgan fingerprint density at radius 1 is 1.08 bits per heavy atom. The molecule has 1 atom stereocenters. The number of hydrogen-bond donors (Lipinski definition) is 1. The third-order valence-electron chi connectivity index (χ3n) is 3.34. The van der Waals surface area contributed by atoms with Gasteiger partial charge in [0.05, 0.1) is 9.97 Å². The molecular weight excluding hydrogens is 473 g/mol. The molecule has 0 aromatic heterocycles. The van der Waals surface area contributed by atoms with Crippen molar-refractivity contribution in [2.75, 3.05) is 6.61 Å². The van der Waals surface area contributed by atoms with Crippen LogP contribution in [0.5, 0.6) is 0 Å².